The van der Waals surface area contributed by atoms with Gasteiger partial charge in [-0.15, -0.1) is 0 Å². The molecule has 0 bridgehead atoms. The average molecular weight is 221 g/mol. The fraction of sp³-hybridized carbons (Fsp3) is 0.273. The molecule has 1 aromatic carbocycles. The van der Waals surface area contributed by atoms with Crippen molar-refractivity contribution in [1.29, 1.82) is 0 Å². The molecule has 0 fully saturated rings. The summed E-state index contributed by atoms with van der Waals surface area (Å²) in [7, 11) is 0. The van der Waals surface area contributed by atoms with Gasteiger partial charge in [0.05, 0.1) is 4.92 Å². The number of nitro groups is 1. The number of nitrogens with one attached hydrogen (secondary N) is 1. The largest absolute Gasteiger partial charge is 0.381 e. The maximum absolute atomic E-state index is 10.5. The van der Waals surface area contributed by atoms with Crippen LogP contribution in [0.1, 0.15) is 5.56 Å². The van der Waals surface area contributed by atoms with E-state index in [1.54, 1.807) is 12.1 Å². The Labute approximate surface area is 94.1 Å². The molecular formula is C11H15N3O2. The quantitative estimate of drug-likeness (QED) is 0.451. The van der Waals surface area contributed by atoms with E-state index in [0.29, 0.717) is 13.1 Å². The molecule has 1 aromatic rings. The molecule has 0 radical (unpaired) electrons. The van der Waals surface area contributed by atoms with Gasteiger partial charge in [-0.3, -0.25) is 10.1 Å². The number of anilines is 1. The molecule has 86 valence electrons. The SMILES string of the molecule is Cc1cc([N+](=O)[O-])ccc1NC/C=C/CN. The first-order valence-electron chi connectivity index (χ1n) is 4.99. The maximum atomic E-state index is 10.5. The van der Waals surface area contributed by atoms with Crippen LogP contribution < -0.4 is 11.1 Å². The average Bonchev–Trinajstić information content (AvgIpc) is 2.26. The molecule has 3 N–H and O–H groups in total. The van der Waals surface area contributed by atoms with Crippen LogP contribution in [0.25, 0.3) is 0 Å². The molecule has 1 rings (SSSR count). The van der Waals surface area contributed by atoms with Gasteiger partial charge in [0.2, 0.25) is 0 Å². The third-order valence-electron chi connectivity index (χ3n) is 2.13. The molecule has 0 aliphatic carbocycles. The van der Waals surface area contributed by atoms with Crippen molar-refractivity contribution in [2.24, 2.45) is 5.73 Å². The molecule has 0 aliphatic heterocycles. The van der Waals surface area contributed by atoms with Gasteiger partial charge < -0.3 is 11.1 Å². The molecule has 5 heteroatoms. The Morgan fingerprint density at radius 3 is 2.81 bits per heavy atom. The van der Waals surface area contributed by atoms with E-state index in [4.69, 9.17) is 5.73 Å². The Kier molecular flexibility index (Phi) is 4.47. The Morgan fingerprint density at radius 2 is 2.25 bits per heavy atom. The van der Waals surface area contributed by atoms with Crippen molar-refractivity contribution < 1.29 is 4.92 Å². The molecule has 0 unspecified atom stereocenters. The number of hydrogen-bond acceptors (Lipinski definition) is 4. The Morgan fingerprint density at radius 1 is 1.50 bits per heavy atom. The summed E-state index contributed by atoms with van der Waals surface area (Å²) in [6.07, 6.45) is 3.77. The molecule has 16 heavy (non-hydrogen) atoms. The van der Waals surface area contributed by atoms with Gasteiger partial charge in [-0.2, -0.15) is 0 Å². The zero-order valence-corrected chi connectivity index (χ0v) is 9.14. The maximum Gasteiger partial charge on any atom is 0.269 e. The number of rotatable bonds is 5. The second-order valence-electron chi connectivity index (χ2n) is 3.34. The Hall–Kier alpha value is -1.88. The highest BCUT2D eigenvalue weighted by atomic mass is 16.6. The number of nitrogens with two attached hydrogens (primary N) is 1. The third kappa shape index (κ3) is 3.36. The van der Waals surface area contributed by atoms with Crippen LogP contribution in [-0.4, -0.2) is 18.0 Å². The van der Waals surface area contributed by atoms with Crippen LogP contribution >= 0.6 is 0 Å². The van der Waals surface area contributed by atoms with Crippen molar-refractivity contribution >= 4 is 11.4 Å². The summed E-state index contributed by atoms with van der Waals surface area (Å²) in [6, 6.07) is 4.75. The van der Waals surface area contributed by atoms with Crippen LogP contribution in [0.5, 0.6) is 0 Å². The van der Waals surface area contributed by atoms with Crippen LogP contribution in [0.2, 0.25) is 0 Å². The zero-order valence-electron chi connectivity index (χ0n) is 9.14. The van der Waals surface area contributed by atoms with E-state index in [9.17, 15) is 10.1 Å². The van der Waals surface area contributed by atoms with Gasteiger partial charge in [0.25, 0.3) is 5.69 Å². The highest BCUT2D eigenvalue weighted by Gasteiger charge is 2.06. The molecular weight excluding hydrogens is 206 g/mol. The molecule has 0 amide bonds. The number of hydrogen-bond donors (Lipinski definition) is 2. The first kappa shape index (κ1) is 12.2. The molecule has 5 nitrogen and oxygen atoms in total. The lowest BCUT2D eigenvalue weighted by Gasteiger charge is -2.06. The molecule has 0 heterocycles. The third-order valence-corrected chi connectivity index (χ3v) is 2.13. The standard InChI is InChI=1S/C11H15N3O2/c1-9-8-10(14(15)16)4-5-11(9)13-7-3-2-6-12/h2-5,8,13H,6-7,12H2,1H3/b3-2+. The number of non-ortho nitro benzene ring substituents is 1. The minimum absolute atomic E-state index is 0.112. The van der Waals surface area contributed by atoms with E-state index in [1.165, 1.54) is 6.07 Å². The summed E-state index contributed by atoms with van der Waals surface area (Å²) < 4.78 is 0. The van der Waals surface area contributed by atoms with Crippen LogP contribution in [0.4, 0.5) is 11.4 Å². The summed E-state index contributed by atoms with van der Waals surface area (Å²) in [5.74, 6) is 0. The minimum atomic E-state index is -0.398. The van der Waals surface area contributed by atoms with Gasteiger partial charge in [0.15, 0.2) is 0 Å². The second-order valence-corrected chi connectivity index (χ2v) is 3.34. The predicted octanol–water partition coefficient (Wildman–Crippen LogP) is 1.83. The topological polar surface area (TPSA) is 81.2 Å². The summed E-state index contributed by atoms with van der Waals surface area (Å²) >= 11 is 0. The summed E-state index contributed by atoms with van der Waals surface area (Å²) in [6.45, 7) is 3.01. The fourth-order valence-corrected chi connectivity index (χ4v) is 1.31. The van der Waals surface area contributed by atoms with Gasteiger partial charge in [-0.1, -0.05) is 12.2 Å². The van der Waals surface area contributed by atoms with Crippen molar-refractivity contribution in [3.8, 4) is 0 Å². The van der Waals surface area contributed by atoms with Gasteiger partial charge in [0, 0.05) is 30.9 Å². The molecule has 0 atom stereocenters. The Bertz CT molecular complexity index is 402. The summed E-state index contributed by atoms with van der Waals surface area (Å²) in [5, 5.41) is 13.7. The van der Waals surface area contributed by atoms with E-state index < -0.39 is 4.92 Å². The first-order chi connectivity index (χ1) is 7.65. The highest BCUT2D eigenvalue weighted by molar-refractivity contribution is 5.55. The molecule has 0 aliphatic rings. The van der Waals surface area contributed by atoms with Crippen LogP contribution in [0.15, 0.2) is 30.4 Å². The Balaban J connectivity index is 2.68. The number of aryl methyl sites for hydroxylation is 1. The lowest BCUT2D eigenvalue weighted by Crippen LogP contribution is -2.02. The number of nitro benzene ring substituents is 1. The van der Waals surface area contributed by atoms with Crippen molar-refractivity contribution in [2.45, 2.75) is 6.92 Å². The second kappa shape index (κ2) is 5.87. The number of nitrogens with zero attached hydrogens (tertiary/aromatic N) is 1. The van der Waals surface area contributed by atoms with Crippen LogP contribution in [0, 0.1) is 17.0 Å². The van der Waals surface area contributed by atoms with Crippen molar-refractivity contribution in [3.63, 3.8) is 0 Å². The number of benzene rings is 1. The van der Waals surface area contributed by atoms with E-state index in [1.807, 2.05) is 19.1 Å². The monoisotopic (exact) mass is 221 g/mol. The molecule has 0 saturated heterocycles. The smallest absolute Gasteiger partial charge is 0.269 e. The first-order valence-corrected chi connectivity index (χ1v) is 4.99. The van der Waals surface area contributed by atoms with Crippen molar-refractivity contribution in [1.82, 2.24) is 0 Å². The van der Waals surface area contributed by atoms with Crippen LogP contribution in [-0.2, 0) is 0 Å². The zero-order chi connectivity index (χ0) is 12.0. The highest BCUT2D eigenvalue weighted by Crippen LogP contribution is 2.20. The predicted molar refractivity (Wildman–Crippen MR) is 64.5 cm³/mol. The van der Waals surface area contributed by atoms with E-state index >= 15 is 0 Å². The summed E-state index contributed by atoms with van der Waals surface area (Å²) in [5.41, 5.74) is 7.17. The van der Waals surface area contributed by atoms with E-state index in [0.717, 1.165) is 11.3 Å². The lowest BCUT2D eigenvalue weighted by atomic mass is 10.2. The molecule has 0 aromatic heterocycles. The minimum Gasteiger partial charge on any atom is -0.381 e. The normalized spacial score (nSPS) is 10.6. The van der Waals surface area contributed by atoms with Gasteiger partial charge in [-0.05, 0) is 18.6 Å². The van der Waals surface area contributed by atoms with Gasteiger partial charge >= 0.3 is 0 Å². The van der Waals surface area contributed by atoms with Crippen molar-refractivity contribution in [2.75, 3.05) is 18.4 Å². The molecule has 0 spiro atoms. The molecule has 0 saturated carbocycles. The van der Waals surface area contributed by atoms with Gasteiger partial charge in [0.1, 0.15) is 0 Å². The summed E-state index contributed by atoms with van der Waals surface area (Å²) in [4.78, 5) is 10.1. The van der Waals surface area contributed by atoms with E-state index in [2.05, 4.69) is 5.32 Å². The van der Waals surface area contributed by atoms with Crippen LogP contribution in [0.3, 0.4) is 0 Å². The van der Waals surface area contributed by atoms with E-state index in [-0.39, 0.29) is 5.69 Å². The fourth-order valence-electron chi connectivity index (χ4n) is 1.31. The van der Waals surface area contributed by atoms with Crippen molar-refractivity contribution in [3.05, 3.63) is 46.0 Å². The van der Waals surface area contributed by atoms with Gasteiger partial charge in [-0.25, -0.2) is 0 Å². The lowest BCUT2D eigenvalue weighted by molar-refractivity contribution is -0.384.